The topological polar surface area (TPSA) is 87.3 Å². The molecule has 1 aliphatic heterocycles. The van der Waals surface area contributed by atoms with Gasteiger partial charge in [-0.15, -0.1) is 12.4 Å². The van der Waals surface area contributed by atoms with Crippen molar-refractivity contribution < 1.29 is 13.2 Å². The van der Waals surface area contributed by atoms with Crippen LogP contribution in [0.15, 0.2) is 29.2 Å². The fourth-order valence-corrected chi connectivity index (χ4v) is 3.92. The molecule has 2 rings (SSSR count). The van der Waals surface area contributed by atoms with Gasteiger partial charge in [-0.3, -0.25) is 4.79 Å². The molecular weight excluding hydrogens is 350 g/mol. The molecule has 24 heavy (non-hydrogen) atoms. The lowest BCUT2D eigenvalue weighted by Crippen LogP contribution is -2.38. The summed E-state index contributed by atoms with van der Waals surface area (Å²) in [6.07, 6.45) is 2.22. The van der Waals surface area contributed by atoms with Crippen molar-refractivity contribution in [2.45, 2.75) is 37.6 Å². The van der Waals surface area contributed by atoms with E-state index in [1.807, 2.05) is 0 Å². The van der Waals surface area contributed by atoms with Crippen LogP contribution in [-0.4, -0.2) is 40.0 Å². The number of piperidine rings is 1. The lowest BCUT2D eigenvalue weighted by atomic mass is 10.00. The lowest BCUT2D eigenvalue weighted by molar-refractivity contribution is 0.0944. The van der Waals surface area contributed by atoms with Crippen LogP contribution in [0, 0.1) is 5.92 Å². The number of nitrogens with one attached hydrogen (secondary N) is 3. The largest absolute Gasteiger partial charge is 0.352 e. The van der Waals surface area contributed by atoms with Crippen molar-refractivity contribution >= 4 is 28.3 Å². The Hall–Kier alpha value is -1.15. The molecule has 0 aromatic heterocycles. The minimum atomic E-state index is -3.59. The van der Waals surface area contributed by atoms with Crippen LogP contribution in [0.25, 0.3) is 0 Å². The van der Waals surface area contributed by atoms with Gasteiger partial charge in [0.2, 0.25) is 10.0 Å². The highest BCUT2D eigenvalue weighted by Gasteiger charge is 2.18. The third kappa shape index (κ3) is 6.05. The van der Waals surface area contributed by atoms with Gasteiger partial charge in [-0.25, -0.2) is 13.1 Å². The monoisotopic (exact) mass is 375 g/mol. The minimum Gasteiger partial charge on any atom is -0.352 e. The van der Waals surface area contributed by atoms with Crippen LogP contribution in [0.5, 0.6) is 0 Å². The van der Waals surface area contributed by atoms with Gasteiger partial charge in [0.05, 0.1) is 4.90 Å². The Balaban J connectivity index is 0.00000288. The van der Waals surface area contributed by atoms with E-state index in [4.69, 9.17) is 0 Å². The summed E-state index contributed by atoms with van der Waals surface area (Å²) in [4.78, 5) is 12.4. The predicted molar refractivity (Wildman–Crippen MR) is 97.1 cm³/mol. The zero-order valence-corrected chi connectivity index (χ0v) is 15.7. The Labute approximate surface area is 150 Å². The molecule has 3 N–H and O–H groups in total. The molecule has 1 atom stereocenters. The van der Waals surface area contributed by atoms with Gasteiger partial charge in [-0.2, -0.15) is 0 Å². The number of halogens is 1. The molecule has 6 nitrogen and oxygen atoms in total. The first-order chi connectivity index (χ1) is 10.9. The van der Waals surface area contributed by atoms with Crippen molar-refractivity contribution in [3.05, 3.63) is 29.8 Å². The second-order valence-electron chi connectivity index (χ2n) is 6.23. The Morgan fingerprint density at radius 1 is 1.38 bits per heavy atom. The number of carbonyl (C=O) groups excluding carboxylic acids is 1. The molecule has 0 saturated carbocycles. The summed E-state index contributed by atoms with van der Waals surface area (Å²) >= 11 is 0. The minimum absolute atomic E-state index is 0. The second kappa shape index (κ2) is 9.36. The SMILES string of the molecule is CC(C)NS(=O)(=O)c1cccc(C(=O)NCC2CCCNC2)c1.Cl. The van der Waals surface area contributed by atoms with Crippen LogP contribution < -0.4 is 15.4 Å². The van der Waals surface area contributed by atoms with Crippen molar-refractivity contribution in [2.75, 3.05) is 19.6 Å². The van der Waals surface area contributed by atoms with Crippen molar-refractivity contribution in [1.82, 2.24) is 15.4 Å². The number of hydrogen-bond donors (Lipinski definition) is 3. The van der Waals surface area contributed by atoms with Gasteiger partial charge in [0.1, 0.15) is 0 Å². The van der Waals surface area contributed by atoms with Gasteiger partial charge in [0.15, 0.2) is 0 Å². The molecule has 8 heteroatoms. The molecular formula is C16H26ClN3O3S. The molecule has 1 heterocycles. The van der Waals surface area contributed by atoms with Crippen molar-refractivity contribution in [2.24, 2.45) is 5.92 Å². The molecule has 136 valence electrons. The lowest BCUT2D eigenvalue weighted by Gasteiger charge is -2.22. The molecule has 1 fully saturated rings. The molecule has 1 amide bonds. The summed E-state index contributed by atoms with van der Waals surface area (Å²) < 4.78 is 26.9. The smallest absolute Gasteiger partial charge is 0.251 e. The summed E-state index contributed by atoms with van der Waals surface area (Å²) in [6.45, 7) is 6.06. The summed E-state index contributed by atoms with van der Waals surface area (Å²) in [5, 5.41) is 6.20. The Bertz CT molecular complexity index is 644. The maximum atomic E-state index is 12.2. The number of sulfonamides is 1. The van der Waals surface area contributed by atoms with Gasteiger partial charge >= 0.3 is 0 Å². The second-order valence-corrected chi connectivity index (χ2v) is 7.94. The zero-order valence-electron chi connectivity index (χ0n) is 14.0. The summed E-state index contributed by atoms with van der Waals surface area (Å²) in [5.74, 6) is 0.194. The normalized spacial score (nSPS) is 18.0. The van der Waals surface area contributed by atoms with E-state index in [1.54, 1.807) is 26.0 Å². The van der Waals surface area contributed by atoms with Crippen LogP contribution >= 0.6 is 12.4 Å². The summed E-state index contributed by atoms with van der Waals surface area (Å²) in [5.41, 5.74) is 0.361. The summed E-state index contributed by atoms with van der Waals surface area (Å²) in [7, 11) is -3.59. The fourth-order valence-electron chi connectivity index (χ4n) is 2.62. The molecule has 1 unspecified atom stereocenters. The maximum absolute atomic E-state index is 12.2. The molecule has 1 aromatic carbocycles. The van der Waals surface area contributed by atoms with Crippen LogP contribution in [0.3, 0.4) is 0 Å². The van der Waals surface area contributed by atoms with Gasteiger partial charge < -0.3 is 10.6 Å². The van der Waals surface area contributed by atoms with Crippen LogP contribution in [0.4, 0.5) is 0 Å². The molecule has 0 bridgehead atoms. The fraction of sp³-hybridized carbons (Fsp3) is 0.562. The molecule has 0 aliphatic carbocycles. The molecule has 0 radical (unpaired) electrons. The Morgan fingerprint density at radius 2 is 2.12 bits per heavy atom. The number of hydrogen-bond acceptors (Lipinski definition) is 4. The molecule has 1 aromatic rings. The van der Waals surface area contributed by atoms with E-state index < -0.39 is 10.0 Å². The van der Waals surface area contributed by atoms with E-state index in [0.29, 0.717) is 18.0 Å². The standard InChI is InChI=1S/C16H25N3O3S.ClH/c1-12(2)19-23(21,22)15-7-3-6-14(9-15)16(20)18-11-13-5-4-8-17-10-13;/h3,6-7,9,12-13,17,19H,4-5,8,10-11H2,1-2H3,(H,18,20);1H. The number of amides is 1. The van der Waals surface area contributed by atoms with Gasteiger partial charge in [0, 0.05) is 18.2 Å². The van der Waals surface area contributed by atoms with E-state index in [1.165, 1.54) is 12.1 Å². The highest BCUT2D eigenvalue weighted by atomic mass is 35.5. The van der Waals surface area contributed by atoms with Gasteiger partial charge in [0.25, 0.3) is 5.91 Å². The first-order valence-electron chi connectivity index (χ1n) is 8.00. The highest BCUT2D eigenvalue weighted by molar-refractivity contribution is 7.89. The van der Waals surface area contributed by atoms with E-state index in [0.717, 1.165) is 25.9 Å². The molecule has 1 aliphatic rings. The Morgan fingerprint density at radius 3 is 2.75 bits per heavy atom. The maximum Gasteiger partial charge on any atom is 0.251 e. The number of rotatable bonds is 6. The van der Waals surface area contributed by atoms with E-state index in [-0.39, 0.29) is 29.3 Å². The number of carbonyl (C=O) groups is 1. The van der Waals surface area contributed by atoms with Crippen LogP contribution in [0.2, 0.25) is 0 Å². The summed E-state index contributed by atoms with van der Waals surface area (Å²) in [6, 6.07) is 5.93. The van der Waals surface area contributed by atoms with Gasteiger partial charge in [-0.05, 0) is 63.9 Å². The third-order valence-corrected chi connectivity index (χ3v) is 5.40. The zero-order chi connectivity index (χ0) is 16.9. The Kier molecular flexibility index (Phi) is 8.15. The average Bonchev–Trinajstić information content (AvgIpc) is 2.52. The van der Waals surface area contributed by atoms with Crippen molar-refractivity contribution in [1.29, 1.82) is 0 Å². The van der Waals surface area contributed by atoms with E-state index >= 15 is 0 Å². The predicted octanol–water partition coefficient (Wildman–Crippen LogP) is 1.52. The molecule has 1 saturated heterocycles. The first-order valence-corrected chi connectivity index (χ1v) is 9.48. The van der Waals surface area contributed by atoms with Crippen LogP contribution in [0.1, 0.15) is 37.0 Å². The van der Waals surface area contributed by atoms with Crippen LogP contribution in [-0.2, 0) is 10.0 Å². The van der Waals surface area contributed by atoms with E-state index in [9.17, 15) is 13.2 Å². The van der Waals surface area contributed by atoms with Gasteiger partial charge in [-0.1, -0.05) is 6.07 Å². The number of benzene rings is 1. The highest BCUT2D eigenvalue weighted by Crippen LogP contribution is 2.13. The third-order valence-electron chi connectivity index (χ3n) is 3.75. The van der Waals surface area contributed by atoms with Crippen molar-refractivity contribution in [3.8, 4) is 0 Å². The quantitative estimate of drug-likeness (QED) is 0.703. The van der Waals surface area contributed by atoms with E-state index in [2.05, 4.69) is 15.4 Å². The first kappa shape index (κ1) is 20.9. The van der Waals surface area contributed by atoms with Crippen molar-refractivity contribution in [3.63, 3.8) is 0 Å². The average molecular weight is 376 g/mol. The molecule has 0 spiro atoms.